The van der Waals surface area contributed by atoms with Crippen molar-refractivity contribution >= 4 is 28.4 Å². The average molecular weight is 589 g/mol. The summed E-state index contributed by atoms with van der Waals surface area (Å²) >= 11 is 0. The lowest BCUT2D eigenvalue weighted by Gasteiger charge is -2.57. The number of carbonyl (C=O) groups is 2. The number of amides is 2. The van der Waals surface area contributed by atoms with Crippen LogP contribution in [0.2, 0.25) is 0 Å². The maximum atomic E-state index is 13.8. The summed E-state index contributed by atoms with van der Waals surface area (Å²) in [4.78, 5) is 48.0. The van der Waals surface area contributed by atoms with E-state index in [2.05, 4.69) is 39.3 Å². The molecule has 4 saturated carbocycles. The van der Waals surface area contributed by atoms with Gasteiger partial charge in [-0.2, -0.15) is 0 Å². The molecule has 6 fully saturated rings. The van der Waals surface area contributed by atoms with Crippen LogP contribution < -0.4 is 16.2 Å². The molecule has 1 unspecified atom stereocenters. The Labute approximate surface area is 254 Å². The molecule has 1 aromatic heterocycles. The highest BCUT2D eigenvalue weighted by Crippen LogP contribution is 2.61. The van der Waals surface area contributed by atoms with Gasteiger partial charge in [0.1, 0.15) is 11.9 Å². The van der Waals surface area contributed by atoms with Crippen LogP contribution in [0.1, 0.15) is 83.5 Å². The number of imide groups is 1. The summed E-state index contributed by atoms with van der Waals surface area (Å²) in [6.07, 6.45) is 10.9. The Kier molecular flexibility index (Phi) is 7.40. The second-order valence-electron chi connectivity index (χ2n) is 15.2. The number of hydrogen-bond donors (Lipinski definition) is 2. The van der Waals surface area contributed by atoms with Crippen LogP contribution in [-0.4, -0.2) is 76.0 Å². The van der Waals surface area contributed by atoms with E-state index >= 15 is 0 Å². The third-order valence-electron chi connectivity index (χ3n) is 11.6. The van der Waals surface area contributed by atoms with Gasteiger partial charge in [0.15, 0.2) is 0 Å². The van der Waals surface area contributed by atoms with Gasteiger partial charge < -0.3 is 10.2 Å². The lowest BCUT2D eigenvalue weighted by molar-refractivity contribution is -0.135. The van der Waals surface area contributed by atoms with E-state index in [1.807, 2.05) is 18.2 Å². The summed E-state index contributed by atoms with van der Waals surface area (Å²) < 4.78 is 1.46. The lowest BCUT2D eigenvalue weighted by Crippen LogP contribution is -2.60. The molecule has 2 amide bonds. The molecule has 2 saturated heterocycles. The number of hydrogen-bond acceptors (Lipinski definition) is 7. The van der Waals surface area contributed by atoms with Crippen molar-refractivity contribution in [1.82, 2.24) is 24.7 Å². The largest absolute Gasteiger partial charge is 0.383 e. The van der Waals surface area contributed by atoms with Gasteiger partial charge in [0.25, 0.3) is 5.56 Å². The zero-order valence-electron chi connectivity index (χ0n) is 26.2. The second kappa shape index (κ2) is 11.0. The molecule has 3 heterocycles. The van der Waals surface area contributed by atoms with Crippen molar-refractivity contribution < 1.29 is 9.59 Å². The minimum Gasteiger partial charge on any atom is -0.383 e. The first-order valence-electron chi connectivity index (χ1n) is 16.7. The topological polar surface area (TPSA) is 99.6 Å². The highest BCUT2D eigenvalue weighted by atomic mass is 16.2. The number of piperidine rings is 1. The van der Waals surface area contributed by atoms with E-state index in [1.54, 1.807) is 6.92 Å². The third kappa shape index (κ3) is 5.52. The van der Waals surface area contributed by atoms with Crippen LogP contribution in [0.5, 0.6) is 0 Å². The summed E-state index contributed by atoms with van der Waals surface area (Å²) in [5, 5.41) is 6.39. The van der Waals surface area contributed by atoms with E-state index in [9.17, 15) is 14.4 Å². The fourth-order valence-corrected chi connectivity index (χ4v) is 10.0. The van der Waals surface area contributed by atoms with Gasteiger partial charge in [-0.25, -0.2) is 4.98 Å². The number of aryl methyl sites for hydroxylation is 1. The molecule has 6 aliphatic rings. The molecule has 4 bridgehead atoms. The predicted molar refractivity (Wildman–Crippen MR) is 168 cm³/mol. The van der Waals surface area contributed by atoms with Crippen LogP contribution in [0.15, 0.2) is 23.0 Å². The molecular weight excluding hydrogens is 540 g/mol. The molecular formula is C34H48N6O3. The number of benzene rings is 1. The van der Waals surface area contributed by atoms with Gasteiger partial charge in [0.2, 0.25) is 11.8 Å². The number of carbonyl (C=O) groups excluding carboxylic acids is 2. The molecule has 2 aliphatic heterocycles. The number of fused-ring (bicyclic) bond motifs is 1. The van der Waals surface area contributed by atoms with Crippen molar-refractivity contribution in [2.24, 2.45) is 23.2 Å². The molecule has 9 nitrogen and oxygen atoms in total. The summed E-state index contributed by atoms with van der Waals surface area (Å²) in [6, 6.07) is 4.95. The lowest BCUT2D eigenvalue weighted by atomic mass is 9.49. The Morgan fingerprint density at radius 2 is 1.72 bits per heavy atom. The molecule has 8 rings (SSSR count). The number of nitrogens with zero attached hydrogens (tertiary/aromatic N) is 4. The minimum absolute atomic E-state index is 0.0807. The number of anilines is 1. The van der Waals surface area contributed by atoms with Gasteiger partial charge in [-0.1, -0.05) is 6.07 Å². The van der Waals surface area contributed by atoms with Gasteiger partial charge in [-0.05, 0) is 114 Å². The van der Waals surface area contributed by atoms with Crippen molar-refractivity contribution in [3.05, 3.63) is 34.4 Å². The first-order chi connectivity index (χ1) is 20.6. The van der Waals surface area contributed by atoms with E-state index in [0.717, 1.165) is 49.6 Å². The Morgan fingerprint density at radius 1 is 1.00 bits per heavy atom. The van der Waals surface area contributed by atoms with Gasteiger partial charge in [-0.3, -0.25) is 29.2 Å². The SMILES string of the molecule is Cc1nc2cccc(NCCN3CCN(CCC45CC6CC(CC(C6)C4)C5)CC3(C)C)c2c(=O)n1C1CCC(=O)NC1=O. The second-order valence-corrected chi connectivity index (χ2v) is 15.2. The number of piperazine rings is 1. The van der Waals surface area contributed by atoms with Gasteiger partial charge >= 0.3 is 0 Å². The van der Waals surface area contributed by atoms with E-state index in [-0.39, 0.29) is 23.4 Å². The normalized spacial score (nSPS) is 32.3. The van der Waals surface area contributed by atoms with Crippen LogP contribution in [-0.2, 0) is 9.59 Å². The Morgan fingerprint density at radius 3 is 2.40 bits per heavy atom. The fraction of sp³-hybridized carbons (Fsp3) is 0.706. The molecule has 2 aromatic rings. The van der Waals surface area contributed by atoms with Crippen LogP contribution in [0.3, 0.4) is 0 Å². The molecule has 9 heteroatoms. The van der Waals surface area contributed by atoms with Crippen molar-refractivity contribution in [3.8, 4) is 0 Å². The highest BCUT2D eigenvalue weighted by molar-refractivity contribution is 5.99. The van der Waals surface area contributed by atoms with Crippen LogP contribution >= 0.6 is 0 Å². The Balaban J connectivity index is 0.983. The Hall–Kier alpha value is -2.78. The predicted octanol–water partition coefficient (Wildman–Crippen LogP) is 4.10. The van der Waals surface area contributed by atoms with E-state index in [1.165, 1.54) is 56.1 Å². The van der Waals surface area contributed by atoms with Crippen molar-refractivity contribution in [2.75, 3.05) is 44.6 Å². The first-order valence-corrected chi connectivity index (χ1v) is 16.7. The van der Waals surface area contributed by atoms with E-state index in [0.29, 0.717) is 35.1 Å². The monoisotopic (exact) mass is 588 g/mol. The van der Waals surface area contributed by atoms with Gasteiger partial charge in [0.05, 0.1) is 10.9 Å². The van der Waals surface area contributed by atoms with Gasteiger partial charge in [0, 0.05) is 50.4 Å². The van der Waals surface area contributed by atoms with Crippen molar-refractivity contribution in [2.45, 2.75) is 90.1 Å². The average Bonchev–Trinajstić information content (AvgIpc) is 2.93. The summed E-state index contributed by atoms with van der Waals surface area (Å²) in [5.41, 5.74) is 1.83. The maximum absolute atomic E-state index is 13.8. The zero-order chi connectivity index (χ0) is 29.9. The molecule has 0 radical (unpaired) electrons. The minimum atomic E-state index is -0.727. The summed E-state index contributed by atoms with van der Waals surface area (Å²) in [6.45, 7) is 12.6. The number of aromatic nitrogens is 2. The van der Waals surface area contributed by atoms with Crippen molar-refractivity contribution in [3.63, 3.8) is 0 Å². The quantitative estimate of drug-likeness (QED) is 0.448. The van der Waals surface area contributed by atoms with Crippen LogP contribution in [0.25, 0.3) is 10.9 Å². The molecule has 232 valence electrons. The van der Waals surface area contributed by atoms with Crippen LogP contribution in [0, 0.1) is 30.1 Å². The number of rotatable bonds is 8. The fourth-order valence-electron chi connectivity index (χ4n) is 10.0. The molecule has 4 aliphatic carbocycles. The first kappa shape index (κ1) is 29.0. The standard InChI is InChI=1S/C34H48N6O3/c1-22-36-27-6-4-5-26(30(27)32(43)40(22)28-7-8-29(41)37-31(28)42)35-10-12-39-14-13-38(21-33(39,2)3)11-9-34-18-23-15-24(19-34)17-25(16-23)20-34/h4-6,23-25,28,35H,7-21H2,1-3H3,(H,37,41,42). The Bertz CT molecular complexity index is 1450. The molecule has 1 aromatic carbocycles. The van der Waals surface area contributed by atoms with Crippen LogP contribution in [0.4, 0.5) is 5.69 Å². The smallest absolute Gasteiger partial charge is 0.264 e. The maximum Gasteiger partial charge on any atom is 0.264 e. The van der Waals surface area contributed by atoms with Gasteiger partial charge in [-0.15, -0.1) is 0 Å². The highest BCUT2D eigenvalue weighted by Gasteiger charge is 2.50. The van der Waals surface area contributed by atoms with E-state index in [4.69, 9.17) is 0 Å². The summed E-state index contributed by atoms with van der Waals surface area (Å²) in [7, 11) is 0. The molecule has 43 heavy (non-hydrogen) atoms. The van der Waals surface area contributed by atoms with Crippen molar-refractivity contribution in [1.29, 1.82) is 0 Å². The number of nitrogens with one attached hydrogen (secondary N) is 2. The summed E-state index contributed by atoms with van der Waals surface area (Å²) in [5.74, 6) is 2.81. The zero-order valence-corrected chi connectivity index (χ0v) is 26.2. The molecule has 2 N–H and O–H groups in total. The molecule has 1 atom stereocenters. The third-order valence-corrected chi connectivity index (χ3v) is 11.6. The molecule has 0 spiro atoms. The van der Waals surface area contributed by atoms with E-state index < -0.39 is 11.9 Å².